The molecule has 0 saturated carbocycles. The molecule has 0 amide bonds. The van der Waals surface area contributed by atoms with Crippen LogP contribution in [0.1, 0.15) is 38.3 Å². The summed E-state index contributed by atoms with van der Waals surface area (Å²) in [4.78, 5) is 8.89. The summed E-state index contributed by atoms with van der Waals surface area (Å²) in [7, 11) is 0. The summed E-state index contributed by atoms with van der Waals surface area (Å²) in [5.41, 5.74) is 9.49. The summed E-state index contributed by atoms with van der Waals surface area (Å²) < 4.78 is 1.64. The van der Waals surface area contributed by atoms with Crippen LogP contribution >= 0.6 is 0 Å². The average molecular weight is 391 g/mol. The predicted molar refractivity (Wildman–Crippen MR) is 113 cm³/mol. The fourth-order valence-electron chi connectivity index (χ4n) is 2.94. The molecule has 9 heteroatoms. The third-order valence-electron chi connectivity index (χ3n) is 4.19. The number of hydrogen-bond donors (Lipinski definition) is 3. The van der Waals surface area contributed by atoms with E-state index >= 15 is 0 Å². The Morgan fingerprint density at radius 2 is 2.10 bits per heavy atom. The Morgan fingerprint density at radius 3 is 2.79 bits per heavy atom. The molecule has 0 spiro atoms. The molecule has 3 rings (SSSR count). The average Bonchev–Trinajstić information content (AvgIpc) is 3.10. The lowest BCUT2D eigenvalue weighted by Crippen LogP contribution is -2.27. The number of nitrogens with two attached hydrogens (primary N) is 2. The first-order chi connectivity index (χ1) is 13.9. The molecule has 150 valence electrons. The van der Waals surface area contributed by atoms with Crippen molar-refractivity contribution in [3.8, 4) is 11.9 Å². The van der Waals surface area contributed by atoms with Gasteiger partial charge in [0.05, 0.1) is 17.5 Å². The Balaban J connectivity index is 2.05. The van der Waals surface area contributed by atoms with E-state index in [1.54, 1.807) is 34.4 Å². The van der Waals surface area contributed by atoms with Gasteiger partial charge in [-0.1, -0.05) is 6.92 Å². The summed E-state index contributed by atoms with van der Waals surface area (Å²) >= 11 is 0. The molecule has 0 fully saturated rings. The zero-order valence-corrected chi connectivity index (χ0v) is 16.8. The van der Waals surface area contributed by atoms with Gasteiger partial charge in [-0.05, 0) is 26.3 Å². The third kappa shape index (κ3) is 4.44. The van der Waals surface area contributed by atoms with E-state index in [2.05, 4.69) is 26.5 Å². The van der Waals surface area contributed by atoms with Crippen LogP contribution in [0.3, 0.4) is 0 Å². The number of nitrogens with zero attached hydrogens (tertiary/aromatic N) is 6. The lowest BCUT2D eigenvalue weighted by molar-refractivity contribution is 0.394. The third-order valence-corrected chi connectivity index (χ3v) is 4.19. The lowest BCUT2D eigenvalue weighted by atomic mass is 10.1. The SMILES string of the molecule is CCCN(N)/C=C(\N)c1cnc(-n2ncc3cc(C#N)cnc32)cc1NC(C)C. The van der Waals surface area contributed by atoms with Crippen LogP contribution in [0.5, 0.6) is 0 Å². The summed E-state index contributed by atoms with van der Waals surface area (Å²) in [6.45, 7) is 6.84. The van der Waals surface area contributed by atoms with Crippen LogP contribution < -0.4 is 16.9 Å². The number of fused-ring (bicyclic) bond motifs is 1. The highest BCUT2D eigenvalue weighted by Gasteiger charge is 2.14. The van der Waals surface area contributed by atoms with Crippen molar-refractivity contribution < 1.29 is 0 Å². The van der Waals surface area contributed by atoms with E-state index in [0.717, 1.165) is 23.1 Å². The van der Waals surface area contributed by atoms with E-state index in [0.29, 0.717) is 29.3 Å². The van der Waals surface area contributed by atoms with Gasteiger partial charge in [0.2, 0.25) is 0 Å². The largest absolute Gasteiger partial charge is 0.397 e. The van der Waals surface area contributed by atoms with E-state index in [-0.39, 0.29) is 6.04 Å². The van der Waals surface area contributed by atoms with Crippen LogP contribution in [0, 0.1) is 11.3 Å². The van der Waals surface area contributed by atoms with Crippen molar-refractivity contribution in [3.63, 3.8) is 0 Å². The van der Waals surface area contributed by atoms with Crippen LogP contribution in [-0.4, -0.2) is 37.3 Å². The van der Waals surface area contributed by atoms with Gasteiger partial charge in [-0.2, -0.15) is 15.0 Å². The van der Waals surface area contributed by atoms with Gasteiger partial charge in [0.1, 0.15) is 6.07 Å². The van der Waals surface area contributed by atoms with Crippen LogP contribution in [0.2, 0.25) is 0 Å². The number of hydrazine groups is 1. The highest BCUT2D eigenvalue weighted by atomic mass is 15.4. The quantitative estimate of drug-likeness (QED) is 0.413. The fourth-order valence-corrected chi connectivity index (χ4v) is 2.94. The highest BCUT2D eigenvalue weighted by molar-refractivity contribution is 5.79. The minimum Gasteiger partial charge on any atom is -0.397 e. The van der Waals surface area contributed by atoms with E-state index < -0.39 is 0 Å². The number of aromatic nitrogens is 4. The number of hydrogen-bond acceptors (Lipinski definition) is 8. The van der Waals surface area contributed by atoms with E-state index in [1.807, 2.05) is 26.8 Å². The van der Waals surface area contributed by atoms with Crippen LogP contribution in [0.25, 0.3) is 22.5 Å². The topological polar surface area (TPSA) is 135 Å². The second-order valence-electron chi connectivity index (χ2n) is 7.01. The molecule has 0 saturated heterocycles. The van der Waals surface area contributed by atoms with Gasteiger partial charge >= 0.3 is 0 Å². The number of rotatable bonds is 7. The van der Waals surface area contributed by atoms with Gasteiger partial charge in [-0.25, -0.2) is 15.8 Å². The number of nitriles is 1. The van der Waals surface area contributed by atoms with Crippen molar-refractivity contribution in [2.45, 2.75) is 33.2 Å². The first-order valence-corrected chi connectivity index (χ1v) is 9.42. The van der Waals surface area contributed by atoms with Crippen LogP contribution in [0.15, 0.2) is 36.9 Å². The second-order valence-corrected chi connectivity index (χ2v) is 7.01. The summed E-state index contributed by atoms with van der Waals surface area (Å²) in [5.74, 6) is 6.55. The van der Waals surface area contributed by atoms with E-state index in [4.69, 9.17) is 16.8 Å². The van der Waals surface area contributed by atoms with Gasteiger partial charge < -0.3 is 16.1 Å². The monoisotopic (exact) mass is 391 g/mol. The summed E-state index contributed by atoms with van der Waals surface area (Å²) in [5, 5.41) is 19.2. The molecule has 0 radical (unpaired) electrons. The van der Waals surface area contributed by atoms with Crippen molar-refractivity contribution in [2.24, 2.45) is 11.6 Å². The van der Waals surface area contributed by atoms with E-state index in [9.17, 15) is 0 Å². The highest BCUT2D eigenvalue weighted by Crippen LogP contribution is 2.25. The maximum Gasteiger partial charge on any atom is 0.164 e. The molecule has 0 unspecified atom stereocenters. The van der Waals surface area contributed by atoms with Crippen LogP contribution in [0.4, 0.5) is 5.69 Å². The van der Waals surface area contributed by atoms with Gasteiger partial charge in [0, 0.05) is 53.9 Å². The molecular weight excluding hydrogens is 366 g/mol. The molecule has 0 bridgehead atoms. The van der Waals surface area contributed by atoms with Crippen molar-refractivity contribution in [2.75, 3.05) is 11.9 Å². The molecule has 3 aromatic heterocycles. The summed E-state index contributed by atoms with van der Waals surface area (Å²) in [6.07, 6.45) is 7.51. The van der Waals surface area contributed by atoms with Gasteiger partial charge in [-0.3, -0.25) is 0 Å². The molecule has 5 N–H and O–H groups in total. The Hall–Kier alpha value is -3.64. The summed E-state index contributed by atoms with van der Waals surface area (Å²) in [6, 6.07) is 5.90. The maximum atomic E-state index is 9.05. The molecular formula is C20H25N9. The number of pyridine rings is 2. The smallest absolute Gasteiger partial charge is 0.164 e. The zero-order chi connectivity index (χ0) is 21.0. The Kier molecular flexibility index (Phi) is 5.95. The number of anilines is 1. The van der Waals surface area contributed by atoms with Gasteiger partial charge in [-0.15, -0.1) is 0 Å². The van der Waals surface area contributed by atoms with Crippen LogP contribution in [-0.2, 0) is 0 Å². The fraction of sp³-hybridized carbons (Fsp3) is 0.300. The Bertz CT molecular complexity index is 1080. The van der Waals surface area contributed by atoms with Crippen molar-refractivity contribution in [1.82, 2.24) is 24.8 Å². The predicted octanol–water partition coefficient (Wildman–Crippen LogP) is 2.35. The number of nitrogens with one attached hydrogen (secondary N) is 1. The van der Waals surface area contributed by atoms with E-state index in [1.165, 1.54) is 6.20 Å². The first kappa shape index (κ1) is 20.1. The molecule has 0 aliphatic rings. The maximum absolute atomic E-state index is 9.05. The van der Waals surface area contributed by atoms with Gasteiger partial charge in [0.15, 0.2) is 11.5 Å². The molecule has 3 heterocycles. The molecule has 0 aromatic carbocycles. The molecule has 0 aliphatic carbocycles. The van der Waals surface area contributed by atoms with Gasteiger partial charge in [0.25, 0.3) is 0 Å². The standard InChI is InChI=1S/C20H25N9/c1-4-5-28(23)12-17(22)16-11-24-19(7-18(16)27-13(2)3)29-20-15(10-26-29)6-14(8-21)9-25-20/h6-7,9-13H,4-5,22-23H2,1-3H3,(H,24,27)/b17-12-. The molecule has 3 aromatic rings. The minimum absolute atomic E-state index is 0.187. The normalized spacial score (nSPS) is 11.7. The molecule has 0 aliphatic heterocycles. The lowest BCUT2D eigenvalue weighted by Gasteiger charge is -2.18. The molecule has 29 heavy (non-hydrogen) atoms. The zero-order valence-electron chi connectivity index (χ0n) is 16.8. The minimum atomic E-state index is 0.187. The van der Waals surface area contributed by atoms with Crippen molar-refractivity contribution >= 4 is 22.4 Å². The van der Waals surface area contributed by atoms with Crippen molar-refractivity contribution in [1.29, 1.82) is 5.26 Å². The van der Waals surface area contributed by atoms with Crippen molar-refractivity contribution in [3.05, 3.63) is 48.1 Å². The Labute approximate surface area is 169 Å². The molecule has 0 atom stereocenters. The second kappa shape index (κ2) is 8.58. The molecule has 9 nitrogen and oxygen atoms in total. The first-order valence-electron chi connectivity index (χ1n) is 9.42. The Morgan fingerprint density at radius 1 is 1.31 bits per heavy atom.